The minimum Gasteiger partial charge on any atom is -0.381 e. The lowest BCUT2D eigenvalue weighted by Gasteiger charge is -2.23. The SMILES string of the molecule is O=C(NCc1cccc2ncsc12)c1cnc2c(c1)ncn2C1CCOCC1. The van der Waals surface area contributed by atoms with Crippen LogP contribution in [-0.2, 0) is 11.3 Å². The van der Waals surface area contributed by atoms with E-state index in [1.165, 1.54) is 0 Å². The van der Waals surface area contributed by atoms with Crippen LogP contribution >= 0.6 is 11.3 Å². The first-order chi connectivity index (χ1) is 13.8. The molecule has 0 spiro atoms. The summed E-state index contributed by atoms with van der Waals surface area (Å²) in [6.45, 7) is 1.97. The molecule has 5 rings (SSSR count). The highest BCUT2D eigenvalue weighted by atomic mass is 32.1. The topological polar surface area (TPSA) is 81.9 Å². The maximum absolute atomic E-state index is 12.6. The standard InChI is InChI=1S/C20H19N5O2S/c26-20(22-9-13-2-1-3-16-18(13)28-12-24-16)14-8-17-19(21-10-14)25(11-23-17)15-4-6-27-7-5-15/h1-3,8,10-12,15H,4-7,9H2,(H,22,26). The minimum atomic E-state index is -0.156. The summed E-state index contributed by atoms with van der Waals surface area (Å²) in [6, 6.07) is 8.11. The number of nitrogens with one attached hydrogen (secondary N) is 1. The number of carbonyl (C=O) groups is 1. The quantitative estimate of drug-likeness (QED) is 0.575. The number of ether oxygens (including phenoxy) is 1. The zero-order valence-electron chi connectivity index (χ0n) is 15.2. The molecule has 0 radical (unpaired) electrons. The van der Waals surface area contributed by atoms with Gasteiger partial charge in [0.05, 0.1) is 27.6 Å². The summed E-state index contributed by atoms with van der Waals surface area (Å²) in [5.74, 6) is -0.156. The van der Waals surface area contributed by atoms with Crippen LogP contribution in [0.25, 0.3) is 21.4 Å². The highest BCUT2D eigenvalue weighted by Gasteiger charge is 2.19. The molecule has 0 atom stereocenters. The van der Waals surface area contributed by atoms with Gasteiger partial charge in [-0.1, -0.05) is 12.1 Å². The fraction of sp³-hybridized carbons (Fsp3) is 0.300. The van der Waals surface area contributed by atoms with Crippen molar-refractivity contribution in [2.45, 2.75) is 25.4 Å². The van der Waals surface area contributed by atoms with Crippen molar-refractivity contribution >= 4 is 38.6 Å². The Kier molecular flexibility index (Phi) is 4.50. The van der Waals surface area contributed by atoms with Crippen molar-refractivity contribution in [1.82, 2.24) is 24.8 Å². The maximum atomic E-state index is 12.6. The molecule has 7 nitrogen and oxygen atoms in total. The van der Waals surface area contributed by atoms with Gasteiger partial charge in [-0.2, -0.15) is 0 Å². The Balaban J connectivity index is 1.34. The number of benzene rings is 1. The summed E-state index contributed by atoms with van der Waals surface area (Å²) in [5.41, 5.74) is 5.91. The second-order valence-corrected chi connectivity index (χ2v) is 7.72. The minimum absolute atomic E-state index is 0.156. The number of amides is 1. The van der Waals surface area contributed by atoms with Gasteiger partial charge in [-0.15, -0.1) is 11.3 Å². The molecule has 4 heterocycles. The van der Waals surface area contributed by atoms with Crippen LogP contribution in [-0.4, -0.2) is 38.6 Å². The number of nitrogens with zero attached hydrogens (tertiary/aromatic N) is 4. The summed E-state index contributed by atoms with van der Waals surface area (Å²) in [6.07, 6.45) is 5.36. The van der Waals surface area contributed by atoms with Gasteiger partial charge in [0, 0.05) is 32.0 Å². The van der Waals surface area contributed by atoms with Gasteiger partial charge in [0.15, 0.2) is 5.65 Å². The van der Waals surface area contributed by atoms with Gasteiger partial charge in [0.2, 0.25) is 0 Å². The van der Waals surface area contributed by atoms with E-state index in [0.717, 1.165) is 53.0 Å². The van der Waals surface area contributed by atoms with Crippen LogP contribution in [0.5, 0.6) is 0 Å². The van der Waals surface area contributed by atoms with Crippen molar-refractivity contribution in [3.05, 3.63) is 53.4 Å². The molecule has 0 bridgehead atoms. The smallest absolute Gasteiger partial charge is 0.253 e. The fourth-order valence-electron chi connectivity index (χ4n) is 3.64. The number of pyridine rings is 1. The van der Waals surface area contributed by atoms with Gasteiger partial charge >= 0.3 is 0 Å². The van der Waals surface area contributed by atoms with Crippen molar-refractivity contribution in [1.29, 1.82) is 0 Å². The molecule has 1 fully saturated rings. The van der Waals surface area contributed by atoms with E-state index in [2.05, 4.69) is 24.8 Å². The van der Waals surface area contributed by atoms with Crippen molar-refractivity contribution < 1.29 is 9.53 Å². The monoisotopic (exact) mass is 393 g/mol. The molecular formula is C20H19N5O2S. The molecule has 1 amide bonds. The molecule has 3 aromatic heterocycles. The van der Waals surface area contributed by atoms with Gasteiger partial charge in [0.1, 0.15) is 5.52 Å². The Morgan fingerprint density at radius 3 is 3.00 bits per heavy atom. The molecule has 1 saturated heterocycles. The highest BCUT2D eigenvalue weighted by Crippen LogP contribution is 2.25. The maximum Gasteiger partial charge on any atom is 0.253 e. The normalized spacial score (nSPS) is 15.3. The van der Waals surface area contributed by atoms with Crippen molar-refractivity contribution in [3.63, 3.8) is 0 Å². The number of aromatic nitrogens is 4. The third kappa shape index (κ3) is 3.14. The fourth-order valence-corrected chi connectivity index (χ4v) is 4.44. The molecule has 0 saturated carbocycles. The number of hydrogen-bond acceptors (Lipinski definition) is 6. The summed E-state index contributed by atoms with van der Waals surface area (Å²) in [5, 5.41) is 2.98. The van der Waals surface area contributed by atoms with Crippen molar-refractivity contribution in [2.75, 3.05) is 13.2 Å². The zero-order valence-corrected chi connectivity index (χ0v) is 16.0. The number of carbonyl (C=O) groups excluding carboxylic acids is 1. The first-order valence-corrected chi connectivity index (χ1v) is 10.2. The molecule has 4 aromatic rings. The van der Waals surface area contributed by atoms with Crippen molar-refractivity contribution in [2.24, 2.45) is 0 Å². The Bertz CT molecular complexity index is 1150. The van der Waals surface area contributed by atoms with E-state index < -0.39 is 0 Å². The Morgan fingerprint density at radius 2 is 2.11 bits per heavy atom. The molecule has 1 N–H and O–H groups in total. The number of hydrogen-bond donors (Lipinski definition) is 1. The molecular weight excluding hydrogens is 374 g/mol. The lowest BCUT2D eigenvalue weighted by molar-refractivity contribution is 0.0704. The molecule has 0 unspecified atom stereocenters. The van der Waals surface area contributed by atoms with Gasteiger partial charge in [0.25, 0.3) is 5.91 Å². The lowest BCUT2D eigenvalue weighted by Crippen LogP contribution is -2.23. The van der Waals surface area contributed by atoms with Crippen LogP contribution < -0.4 is 5.32 Å². The molecule has 142 valence electrons. The van der Waals surface area contributed by atoms with E-state index in [-0.39, 0.29) is 5.91 Å². The van der Waals surface area contributed by atoms with E-state index >= 15 is 0 Å². The lowest BCUT2D eigenvalue weighted by atomic mass is 10.1. The first kappa shape index (κ1) is 17.3. The van der Waals surface area contributed by atoms with Crippen LogP contribution in [0.1, 0.15) is 34.8 Å². The second kappa shape index (κ2) is 7.29. The van der Waals surface area contributed by atoms with Gasteiger partial charge in [-0.25, -0.2) is 15.0 Å². The number of rotatable bonds is 4. The number of thiazole rings is 1. The summed E-state index contributed by atoms with van der Waals surface area (Å²) >= 11 is 1.58. The van der Waals surface area contributed by atoms with E-state index in [4.69, 9.17) is 4.74 Å². The third-order valence-corrected chi connectivity index (χ3v) is 6.05. The predicted molar refractivity (Wildman–Crippen MR) is 107 cm³/mol. The Labute approximate surface area is 165 Å². The van der Waals surface area contributed by atoms with Gasteiger partial charge in [-0.3, -0.25) is 4.79 Å². The molecule has 0 aliphatic carbocycles. The summed E-state index contributed by atoms with van der Waals surface area (Å²) < 4.78 is 8.64. The molecule has 1 aliphatic heterocycles. The number of fused-ring (bicyclic) bond motifs is 2. The van der Waals surface area contributed by atoms with E-state index in [1.807, 2.05) is 30.0 Å². The van der Waals surface area contributed by atoms with Gasteiger partial charge < -0.3 is 14.6 Å². The Morgan fingerprint density at radius 1 is 1.21 bits per heavy atom. The van der Waals surface area contributed by atoms with Crippen LogP contribution in [0.3, 0.4) is 0 Å². The van der Waals surface area contributed by atoms with E-state index in [0.29, 0.717) is 18.2 Å². The zero-order chi connectivity index (χ0) is 18.9. The molecule has 1 aliphatic rings. The number of imidazole rings is 1. The van der Waals surface area contributed by atoms with E-state index in [1.54, 1.807) is 23.6 Å². The first-order valence-electron chi connectivity index (χ1n) is 9.29. The largest absolute Gasteiger partial charge is 0.381 e. The molecule has 28 heavy (non-hydrogen) atoms. The summed E-state index contributed by atoms with van der Waals surface area (Å²) in [4.78, 5) is 25.9. The third-order valence-electron chi connectivity index (χ3n) is 5.14. The molecule has 8 heteroatoms. The van der Waals surface area contributed by atoms with E-state index in [9.17, 15) is 4.79 Å². The van der Waals surface area contributed by atoms with Crippen LogP contribution in [0.15, 0.2) is 42.3 Å². The van der Waals surface area contributed by atoms with Crippen molar-refractivity contribution in [3.8, 4) is 0 Å². The second-order valence-electron chi connectivity index (χ2n) is 6.86. The van der Waals surface area contributed by atoms with Crippen LogP contribution in [0.4, 0.5) is 0 Å². The molecule has 1 aromatic carbocycles. The average molecular weight is 393 g/mol. The van der Waals surface area contributed by atoms with Crippen LogP contribution in [0, 0.1) is 0 Å². The summed E-state index contributed by atoms with van der Waals surface area (Å²) in [7, 11) is 0. The Hall–Kier alpha value is -2.84. The highest BCUT2D eigenvalue weighted by molar-refractivity contribution is 7.16. The van der Waals surface area contributed by atoms with Crippen LogP contribution in [0.2, 0.25) is 0 Å². The van der Waals surface area contributed by atoms with Gasteiger partial charge in [-0.05, 0) is 30.5 Å². The predicted octanol–water partition coefficient (Wildman–Crippen LogP) is 3.32. The average Bonchev–Trinajstić information content (AvgIpc) is 3.39.